The zero-order valence-electron chi connectivity index (χ0n) is 7.01. The molecule has 0 saturated heterocycles. The standard InChI is InChI=1S/C9H12O2/c1-5(4-8(10)11)9-6(2)7(9)3/h4,9H,1-3H3,(H,10,11)/b5-4+. The molecule has 1 N–H and O–H groups in total. The fraction of sp³-hybridized carbons (Fsp3) is 0.444. The Hall–Kier alpha value is -1.05. The molecule has 0 aliphatic heterocycles. The van der Waals surface area contributed by atoms with Crippen molar-refractivity contribution >= 4 is 5.97 Å². The zero-order valence-corrected chi connectivity index (χ0v) is 7.01. The Kier molecular flexibility index (Phi) is 1.85. The molecule has 0 aromatic heterocycles. The number of hydrogen-bond donors (Lipinski definition) is 1. The molecule has 0 amide bonds. The van der Waals surface area contributed by atoms with E-state index in [9.17, 15) is 4.79 Å². The van der Waals surface area contributed by atoms with E-state index in [1.165, 1.54) is 17.2 Å². The molecule has 0 aromatic carbocycles. The molecular weight excluding hydrogens is 140 g/mol. The molecule has 0 aromatic rings. The number of aliphatic carboxylic acids is 1. The summed E-state index contributed by atoms with van der Waals surface area (Å²) in [6.45, 7) is 5.94. The van der Waals surface area contributed by atoms with Crippen molar-refractivity contribution in [3.05, 3.63) is 22.8 Å². The molecule has 0 unspecified atom stereocenters. The number of carboxylic acid groups (broad SMARTS) is 1. The Balaban J connectivity index is 2.60. The van der Waals surface area contributed by atoms with Crippen molar-refractivity contribution in [3.8, 4) is 0 Å². The summed E-state index contributed by atoms with van der Waals surface area (Å²) in [5, 5.41) is 8.44. The molecule has 1 aliphatic carbocycles. The predicted octanol–water partition coefficient (Wildman–Crippen LogP) is 1.98. The molecule has 60 valence electrons. The van der Waals surface area contributed by atoms with Crippen LogP contribution in [-0.4, -0.2) is 11.1 Å². The molecule has 0 spiro atoms. The van der Waals surface area contributed by atoms with Crippen molar-refractivity contribution in [2.45, 2.75) is 20.8 Å². The van der Waals surface area contributed by atoms with Crippen molar-refractivity contribution in [1.82, 2.24) is 0 Å². The number of carbonyl (C=O) groups is 1. The van der Waals surface area contributed by atoms with E-state index in [-0.39, 0.29) is 0 Å². The summed E-state index contributed by atoms with van der Waals surface area (Å²) < 4.78 is 0. The minimum absolute atomic E-state index is 0.353. The average molecular weight is 152 g/mol. The van der Waals surface area contributed by atoms with Gasteiger partial charge in [-0.1, -0.05) is 16.7 Å². The third-order valence-electron chi connectivity index (χ3n) is 2.21. The van der Waals surface area contributed by atoms with Gasteiger partial charge in [-0.25, -0.2) is 4.79 Å². The van der Waals surface area contributed by atoms with Gasteiger partial charge in [0.15, 0.2) is 0 Å². The maximum Gasteiger partial charge on any atom is 0.328 e. The lowest BCUT2D eigenvalue weighted by Crippen LogP contribution is -1.93. The lowest BCUT2D eigenvalue weighted by molar-refractivity contribution is -0.131. The van der Waals surface area contributed by atoms with Crippen LogP contribution in [0.5, 0.6) is 0 Å². The van der Waals surface area contributed by atoms with Gasteiger partial charge in [-0.15, -0.1) is 0 Å². The molecule has 11 heavy (non-hydrogen) atoms. The lowest BCUT2D eigenvalue weighted by Gasteiger charge is -1.96. The van der Waals surface area contributed by atoms with Crippen LogP contribution in [-0.2, 0) is 4.79 Å². The maximum atomic E-state index is 10.3. The highest BCUT2D eigenvalue weighted by molar-refractivity contribution is 5.81. The van der Waals surface area contributed by atoms with Crippen LogP contribution in [0, 0.1) is 5.92 Å². The molecule has 0 bridgehead atoms. The number of allylic oxidation sites excluding steroid dienone is 3. The van der Waals surface area contributed by atoms with Gasteiger partial charge in [0.25, 0.3) is 0 Å². The molecule has 1 rings (SSSR count). The van der Waals surface area contributed by atoms with Crippen LogP contribution in [0.2, 0.25) is 0 Å². The molecule has 0 heterocycles. The van der Waals surface area contributed by atoms with Gasteiger partial charge in [0.05, 0.1) is 0 Å². The van der Waals surface area contributed by atoms with Crippen molar-refractivity contribution in [3.63, 3.8) is 0 Å². The minimum Gasteiger partial charge on any atom is -0.478 e. The molecule has 0 saturated carbocycles. The topological polar surface area (TPSA) is 37.3 Å². The first-order chi connectivity index (χ1) is 5.04. The van der Waals surface area contributed by atoms with Gasteiger partial charge in [0.1, 0.15) is 0 Å². The molecular formula is C9H12O2. The summed E-state index contributed by atoms with van der Waals surface area (Å²) in [4.78, 5) is 10.3. The number of hydrogen-bond acceptors (Lipinski definition) is 1. The Bertz CT molecular complexity index is 247. The van der Waals surface area contributed by atoms with Crippen molar-refractivity contribution in [2.24, 2.45) is 5.92 Å². The number of carboxylic acids is 1. The summed E-state index contributed by atoms with van der Waals surface area (Å²) in [6.07, 6.45) is 1.28. The van der Waals surface area contributed by atoms with E-state index in [0.29, 0.717) is 5.92 Å². The third-order valence-corrected chi connectivity index (χ3v) is 2.21. The first-order valence-corrected chi connectivity index (χ1v) is 3.62. The second kappa shape index (κ2) is 2.53. The van der Waals surface area contributed by atoms with Gasteiger partial charge in [-0.2, -0.15) is 0 Å². The van der Waals surface area contributed by atoms with Crippen molar-refractivity contribution < 1.29 is 9.90 Å². The third kappa shape index (κ3) is 1.50. The van der Waals surface area contributed by atoms with E-state index >= 15 is 0 Å². The minimum atomic E-state index is -0.852. The fourth-order valence-corrected chi connectivity index (χ4v) is 1.44. The maximum absolute atomic E-state index is 10.3. The van der Waals surface area contributed by atoms with Gasteiger partial charge in [-0.05, 0) is 20.8 Å². The zero-order chi connectivity index (χ0) is 8.59. The van der Waals surface area contributed by atoms with Gasteiger partial charge in [-0.3, -0.25) is 0 Å². The van der Waals surface area contributed by atoms with E-state index < -0.39 is 5.97 Å². The second-order valence-corrected chi connectivity index (χ2v) is 3.03. The monoisotopic (exact) mass is 152 g/mol. The summed E-state index contributed by atoms with van der Waals surface area (Å²) in [5.74, 6) is -0.499. The molecule has 0 fully saturated rings. The Morgan fingerprint density at radius 1 is 1.45 bits per heavy atom. The smallest absolute Gasteiger partial charge is 0.328 e. The van der Waals surface area contributed by atoms with E-state index in [0.717, 1.165) is 5.57 Å². The Morgan fingerprint density at radius 3 is 2.18 bits per heavy atom. The highest BCUT2D eigenvalue weighted by atomic mass is 16.4. The van der Waals surface area contributed by atoms with Crippen molar-refractivity contribution in [2.75, 3.05) is 0 Å². The van der Waals surface area contributed by atoms with Crippen LogP contribution in [0.1, 0.15) is 20.8 Å². The number of rotatable bonds is 2. The van der Waals surface area contributed by atoms with Gasteiger partial charge in [0.2, 0.25) is 0 Å². The first kappa shape index (κ1) is 8.05. The van der Waals surface area contributed by atoms with Crippen LogP contribution in [0.4, 0.5) is 0 Å². The van der Waals surface area contributed by atoms with E-state index in [1.54, 1.807) is 0 Å². The SMILES string of the molecule is CC1=C(C)C1/C(C)=C/C(=O)O. The largest absolute Gasteiger partial charge is 0.478 e. The molecule has 0 atom stereocenters. The van der Waals surface area contributed by atoms with Crippen LogP contribution in [0.3, 0.4) is 0 Å². The normalized spacial score (nSPS) is 19.0. The van der Waals surface area contributed by atoms with Crippen LogP contribution in [0.25, 0.3) is 0 Å². The highest BCUT2D eigenvalue weighted by Gasteiger charge is 2.29. The summed E-state index contributed by atoms with van der Waals surface area (Å²) in [6, 6.07) is 0. The van der Waals surface area contributed by atoms with Gasteiger partial charge < -0.3 is 5.11 Å². The summed E-state index contributed by atoms with van der Waals surface area (Å²) >= 11 is 0. The van der Waals surface area contributed by atoms with Crippen LogP contribution in [0.15, 0.2) is 22.8 Å². The quantitative estimate of drug-likeness (QED) is 0.485. The highest BCUT2D eigenvalue weighted by Crippen LogP contribution is 2.43. The Morgan fingerprint density at radius 2 is 1.91 bits per heavy atom. The van der Waals surface area contributed by atoms with Crippen LogP contribution >= 0.6 is 0 Å². The second-order valence-electron chi connectivity index (χ2n) is 3.03. The lowest BCUT2D eigenvalue weighted by atomic mass is 10.1. The first-order valence-electron chi connectivity index (χ1n) is 3.62. The van der Waals surface area contributed by atoms with E-state index in [1.807, 2.05) is 20.8 Å². The van der Waals surface area contributed by atoms with Crippen molar-refractivity contribution in [1.29, 1.82) is 0 Å². The summed E-state index contributed by atoms with van der Waals surface area (Å²) in [5.41, 5.74) is 3.58. The average Bonchev–Trinajstić information content (AvgIpc) is 2.39. The van der Waals surface area contributed by atoms with E-state index in [4.69, 9.17) is 5.11 Å². The fourth-order valence-electron chi connectivity index (χ4n) is 1.44. The van der Waals surface area contributed by atoms with E-state index in [2.05, 4.69) is 0 Å². The predicted molar refractivity (Wildman–Crippen MR) is 43.3 cm³/mol. The molecule has 2 nitrogen and oxygen atoms in total. The van der Waals surface area contributed by atoms with Gasteiger partial charge >= 0.3 is 5.97 Å². The molecule has 0 radical (unpaired) electrons. The summed E-state index contributed by atoms with van der Waals surface area (Å²) in [7, 11) is 0. The Labute approximate surface area is 66.2 Å². The molecule has 2 heteroatoms. The van der Waals surface area contributed by atoms with Crippen LogP contribution < -0.4 is 0 Å². The van der Waals surface area contributed by atoms with Gasteiger partial charge in [0, 0.05) is 12.0 Å². The molecule has 1 aliphatic rings.